The van der Waals surface area contributed by atoms with E-state index in [4.69, 9.17) is 5.73 Å². The highest BCUT2D eigenvalue weighted by Gasteiger charge is 2.41. The maximum Gasteiger partial charge on any atom is 0.214 e. The molecule has 0 aromatic heterocycles. The molecule has 2 rings (SSSR count). The van der Waals surface area contributed by atoms with Crippen molar-refractivity contribution in [2.75, 3.05) is 18.8 Å². The van der Waals surface area contributed by atoms with Gasteiger partial charge in [0.15, 0.2) is 0 Å². The third kappa shape index (κ3) is 3.30. The van der Waals surface area contributed by atoms with Gasteiger partial charge >= 0.3 is 0 Å². The van der Waals surface area contributed by atoms with Gasteiger partial charge in [0.2, 0.25) is 10.0 Å². The zero-order valence-corrected chi connectivity index (χ0v) is 13.8. The summed E-state index contributed by atoms with van der Waals surface area (Å²) < 4.78 is 26.0. The van der Waals surface area contributed by atoms with Crippen molar-refractivity contribution in [2.45, 2.75) is 44.6 Å². The molecule has 21 heavy (non-hydrogen) atoms. The average molecular weight is 310 g/mol. The first-order chi connectivity index (χ1) is 9.92. The molecule has 0 bridgehead atoms. The van der Waals surface area contributed by atoms with Crippen LogP contribution in [-0.4, -0.2) is 37.6 Å². The molecule has 1 unspecified atom stereocenters. The van der Waals surface area contributed by atoms with Crippen molar-refractivity contribution in [3.05, 3.63) is 35.9 Å². The highest BCUT2D eigenvalue weighted by molar-refractivity contribution is 7.89. The summed E-state index contributed by atoms with van der Waals surface area (Å²) in [7, 11) is -3.10. The molecule has 1 aromatic carbocycles. The van der Waals surface area contributed by atoms with Crippen molar-refractivity contribution >= 4 is 10.0 Å². The van der Waals surface area contributed by atoms with Gasteiger partial charge in [0.25, 0.3) is 0 Å². The fourth-order valence-electron chi connectivity index (χ4n) is 3.33. The van der Waals surface area contributed by atoms with Crippen LogP contribution in [-0.2, 0) is 15.4 Å². The minimum absolute atomic E-state index is 0.0101. The second-order valence-electron chi connectivity index (χ2n) is 6.03. The van der Waals surface area contributed by atoms with E-state index in [0.717, 1.165) is 12.8 Å². The molecule has 1 aliphatic rings. The Morgan fingerprint density at radius 2 is 1.81 bits per heavy atom. The van der Waals surface area contributed by atoms with Gasteiger partial charge < -0.3 is 5.73 Å². The number of nitrogens with two attached hydrogens (primary N) is 1. The van der Waals surface area contributed by atoms with Crippen LogP contribution in [0.3, 0.4) is 0 Å². The Bertz CT molecular complexity index is 547. The van der Waals surface area contributed by atoms with Crippen molar-refractivity contribution < 1.29 is 8.42 Å². The molecular weight excluding hydrogens is 284 g/mol. The third-order valence-corrected chi connectivity index (χ3v) is 6.77. The number of rotatable bonds is 5. The van der Waals surface area contributed by atoms with Crippen LogP contribution in [0.25, 0.3) is 0 Å². The Morgan fingerprint density at radius 1 is 1.24 bits per heavy atom. The van der Waals surface area contributed by atoms with Gasteiger partial charge in [-0.3, -0.25) is 0 Å². The fraction of sp³-hybridized carbons (Fsp3) is 0.625. The number of hydrogen-bond donors (Lipinski definition) is 1. The largest absolute Gasteiger partial charge is 0.327 e. The molecule has 118 valence electrons. The molecule has 4 nitrogen and oxygen atoms in total. The maximum atomic E-state index is 12.2. The zero-order chi connectivity index (χ0) is 15.5. The van der Waals surface area contributed by atoms with Gasteiger partial charge in [-0.2, -0.15) is 0 Å². The van der Waals surface area contributed by atoms with Crippen LogP contribution in [0, 0.1) is 0 Å². The van der Waals surface area contributed by atoms with Crippen LogP contribution in [0.2, 0.25) is 0 Å². The minimum Gasteiger partial charge on any atom is -0.327 e. The molecule has 2 N–H and O–H groups in total. The van der Waals surface area contributed by atoms with E-state index in [2.05, 4.69) is 12.1 Å². The number of nitrogens with zero attached hydrogens (tertiary/aromatic N) is 1. The predicted molar refractivity (Wildman–Crippen MR) is 86.7 cm³/mol. The van der Waals surface area contributed by atoms with E-state index in [1.54, 1.807) is 4.31 Å². The van der Waals surface area contributed by atoms with Crippen LogP contribution < -0.4 is 5.73 Å². The Labute approximate surface area is 128 Å². The number of piperidine rings is 1. The molecule has 1 heterocycles. The Kier molecular flexibility index (Phi) is 5.07. The molecule has 0 spiro atoms. The Hall–Kier alpha value is -0.910. The lowest BCUT2D eigenvalue weighted by Gasteiger charge is -2.44. The van der Waals surface area contributed by atoms with Crippen molar-refractivity contribution in [1.82, 2.24) is 4.31 Å². The van der Waals surface area contributed by atoms with E-state index in [9.17, 15) is 8.42 Å². The molecule has 1 saturated heterocycles. The monoisotopic (exact) mass is 310 g/mol. The second kappa shape index (κ2) is 6.46. The third-order valence-electron chi connectivity index (χ3n) is 4.69. The van der Waals surface area contributed by atoms with Gasteiger partial charge in [0.1, 0.15) is 0 Å². The van der Waals surface area contributed by atoms with Gasteiger partial charge in [0, 0.05) is 24.5 Å². The second-order valence-corrected chi connectivity index (χ2v) is 8.11. The molecule has 5 heteroatoms. The summed E-state index contributed by atoms with van der Waals surface area (Å²) >= 11 is 0. The van der Waals surface area contributed by atoms with Crippen LogP contribution in [0.1, 0.15) is 38.7 Å². The van der Waals surface area contributed by atoms with Crippen LogP contribution in [0.5, 0.6) is 0 Å². The lowest BCUT2D eigenvalue weighted by Crippen LogP contribution is -2.52. The van der Waals surface area contributed by atoms with Crippen LogP contribution in [0.4, 0.5) is 0 Å². The summed E-state index contributed by atoms with van der Waals surface area (Å²) in [5, 5.41) is 0. The first kappa shape index (κ1) is 16.5. The number of sulfonamides is 1. The van der Waals surface area contributed by atoms with Crippen molar-refractivity contribution in [3.8, 4) is 0 Å². The van der Waals surface area contributed by atoms with E-state index < -0.39 is 10.0 Å². The summed E-state index contributed by atoms with van der Waals surface area (Å²) in [6, 6.07) is 10.3. The average Bonchev–Trinajstić information content (AvgIpc) is 2.48. The normalized spacial score (nSPS) is 21.1. The highest BCUT2D eigenvalue weighted by Crippen LogP contribution is 2.38. The summed E-state index contributed by atoms with van der Waals surface area (Å²) in [6.45, 7) is 5.07. The van der Waals surface area contributed by atoms with Crippen LogP contribution >= 0.6 is 0 Å². The first-order valence-electron chi connectivity index (χ1n) is 7.71. The summed E-state index contributed by atoms with van der Waals surface area (Å²) in [4.78, 5) is 0. The van der Waals surface area contributed by atoms with E-state index in [1.165, 1.54) is 5.56 Å². The van der Waals surface area contributed by atoms with Crippen LogP contribution in [0.15, 0.2) is 30.3 Å². The van der Waals surface area contributed by atoms with Gasteiger partial charge in [-0.05, 0) is 31.7 Å². The van der Waals surface area contributed by atoms with Gasteiger partial charge in [0.05, 0.1) is 5.75 Å². The maximum absolute atomic E-state index is 12.2. The SMILES string of the molecule is CCCS(=O)(=O)N1CCC(c2ccccc2)(C(C)N)CC1. The Morgan fingerprint density at radius 3 is 2.29 bits per heavy atom. The highest BCUT2D eigenvalue weighted by atomic mass is 32.2. The molecule has 1 aliphatic heterocycles. The predicted octanol–water partition coefficient (Wildman–Crippen LogP) is 2.11. The summed E-state index contributed by atoms with van der Waals surface area (Å²) in [5.41, 5.74) is 7.40. The lowest BCUT2D eigenvalue weighted by molar-refractivity contribution is 0.205. The minimum atomic E-state index is -3.10. The quantitative estimate of drug-likeness (QED) is 0.906. The standard InChI is InChI=1S/C16H26N2O2S/c1-3-13-21(19,20)18-11-9-16(10-12-18,14(2)17)15-7-5-4-6-8-15/h4-8,14H,3,9-13,17H2,1-2H3. The fourth-order valence-corrected chi connectivity index (χ4v) is 4.84. The molecule has 0 amide bonds. The first-order valence-corrected chi connectivity index (χ1v) is 9.32. The van der Waals surface area contributed by atoms with E-state index in [-0.39, 0.29) is 17.2 Å². The van der Waals surface area contributed by atoms with Crippen molar-refractivity contribution in [3.63, 3.8) is 0 Å². The molecule has 0 radical (unpaired) electrons. The van der Waals surface area contributed by atoms with E-state index in [0.29, 0.717) is 19.5 Å². The lowest BCUT2D eigenvalue weighted by atomic mass is 9.69. The van der Waals surface area contributed by atoms with Crippen molar-refractivity contribution in [1.29, 1.82) is 0 Å². The zero-order valence-electron chi connectivity index (χ0n) is 13.0. The number of benzene rings is 1. The smallest absolute Gasteiger partial charge is 0.214 e. The van der Waals surface area contributed by atoms with Crippen molar-refractivity contribution in [2.24, 2.45) is 5.73 Å². The Balaban J connectivity index is 2.20. The molecule has 1 aromatic rings. The molecule has 0 aliphatic carbocycles. The summed E-state index contributed by atoms with van der Waals surface area (Å²) in [5.74, 6) is 0.240. The number of hydrogen-bond acceptors (Lipinski definition) is 3. The molecule has 1 atom stereocenters. The summed E-state index contributed by atoms with van der Waals surface area (Å²) in [6.07, 6.45) is 2.24. The topological polar surface area (TPSA) is 63.4 Å². The van der Waals surface area contributed by atoms with E-state index >= 15 is 0 Å². The van der Waals surface area contributed by atoms with Gasteiger partial charge in [-0.1, -0.05) is 37.3 Å². The van der Waals surface area contributed by atoms with Gasteiger partial charge in [-0.25, -0.2) is 12.7 Å². The van der Waals surface area contributed by atoms with Gasteiger partial charge in [-0.15, -0.1) is 0 Å². The molecule has 0 saturated carbocycles. The van der Waals surface area contributed by atoms with E-state index in [1.807, 2.05) is 32.0 Å². The molecular formula is C16H26N2O2S. The molecule has 1 fully saturated rings.